The van der Waals surface area contributed by atoms with E-state index in [1.54, 1.807) is 12.4 Å². The number of nitrogens with zero attached hydrogens (tertiary/aromatic N) is 4. The zero-order valence-corrected chi connectivity index (χ0v) is 28.6. The van der Waals surface area contributed by atoms with Gasteiger partial charge in [0.15, 0.2) is 0 Å². The molecule has 0 bridgehead atoms. The van der Waals surface area contributed by atoms with Gasteiger partial charge in [-0.05, 0) is 114 Å². The number of nitriles is 2. The summed E-state index contributed by atoms with van der Waals surface area (Å²) in [6, 6.07) is 64.4. The molecule has 53 heavy (non-hydrogen) atoms. The standard InChI is InChI=1S/C49H30N4/c50-31-43-27-39(23-25-52-43)35-15-11-33(12-16-35)37-19-21-45-46-22-20-38(34-13-17-36(18-14-34)40-24-26-53-44(28-40)32-51)30-48(46)49(47(45)29-37,41-7-3-1-4-8-41)42-9-5-2-6-10-42/h1-30H. The molecule has 4 heteroatoms. The molecule has 1 aliphatic rings. The monoisotopic (exact) mass is 674 g/mol. The molecule has 0 atom stereocenters. The minimum atomic E-state index is -0.561. The Bertz CT molecular complexity index is 2530. The summed E-state index contributed by atoms with van der Waals surface area (Å²) in [6.07, 6.45) is 3.36. The van der Waals surface area contributed by atoms with E-state index >= 15 is 0 Å². The van der Waals surface area contributed by atoms with Crippen molar-refractivity contribution >= 4 is 0 Å². The van der Waals surface area contributed by atoms with E-state index in [0.717, 1.165) is 44.5 Å². The Morgan fingerprint density at radius 1 is 0.358 bits per heavy atom. The smallest absolute Gasteiger partial charge is 0.141 e. The molecule has 0 radical (unpaired) electrons. The van der Waals surface area contributed by atoms with Crippen molar-refractivity contribution in [2.75, 3.05) is 0 Å². The van der Waals surface area contributed by atoms with E-state index in [9.17, 15) is 10.5 Å². The van der Waals surface area contributed by atoms with Gasteiger partial charge in [-0.15, -0.1) is 0 Å². The van der Waals surface area contributed by atoms with Crippen LogP contribution in [0.1, 0.15) is 33.6 Å². The van der Waals surface area contributed by atoms with Crippen LogP contribution in [0.25, 0.3) is 55.6 Å². The minimum absolute atomic E-state index is 0.406. The zero-order chi connectivity index (χ0) is 35.8. The highest BCUT2D eigenvalue weighted by Gasteiger charge is 2.46. The van der Waals surface area contributed by atoms with Crippen LogP contribution in [0.2, 0.25) is 0 Å². The lowest BCUT2D eigenvalue weighted by Gasteiger charge is -2.34. The normalized spacial score (nSPS) is 12.3. The van der Waals surface area contributed by atoms with E-state index in [0.29, 0.717) is 11.4 Å². The van der Waals surface area contributed by atoms with Crippen molar-refractivity contribution in [2.45, 2.75) is 5.41 Å². The molecule has 0 amide bonds. The van der Waals surface area contributed by atoms with Gasteiger partial charge in [-0.3, -0.25) is 0 Å². The first-order valence-corrected chi connectivity index (χ1v) is 17.5. The molecule has 4 nitrogen and oxygen atoms in total. The van der Waals surface area contributed by atoms with E-state index in [4.69, 9.17) is 0 Å². The van der Waals surface area contributed by atoms with Crippen LogP contribution in [0.5, 0.6) is 0 Å². The highest BCUT2D eigenvalue weighted by Crippen LogP contribution is 2.57. The highest BCUT2D eigenvalue weighted by atomic mass is 14.7. The van der Waals surface area contributed by atoms with Crippen molar-refractivity contribution in [1.82, 2.24) is 9.97 Å². The first kappa shape index (κ1) is 31.6. The third-order valence-corrected chi connectivity index (χ3v) is 10.4. The van der Waals surface area contributed by atoms with E-state index in [-0.39, 0.29) is 0 Å². The molecule has 9 rings (SSSR count). The third kappa shape index (κ3) is 5.38. The third-order valence-electron chi connectivity index (χ3n) is 10.4. The number of benzene rings is 6. The second-order valence-corrected chi connectivity index (χ2v) is 13.2. The molecule has 0 aliphatic heterocycles. The van der Waals surface area contributed by atoms with Crippen LogP contribution in [0.3, 0.4) is 0 Å². The fourth-order valence-corrected chi connectivity index (χ4v) is 7.90. The Labute approximate surface area is 308 Å². The maximum absolute atomic E-state index is 9.37. The summed E-state index contributed by atoms with van der Waals surface area (Å²) in [7, 11) is 0. The van der Waals surface area contributed by atoms with E-state index in [1.807, 2.05) is 24.3 Å². The SMILES string of the molecule is N#Cc1cc(-c2ccc(-c3ccc4c(c3)C(c3ccccc3)(c3ccccc3)c3cc(-c5ccc(-c6ccnc(C#N)c6)cc5)ccc3-4)cc2)ccn1. The van der Waals surface area contributed by atoms with Gasteiger partial charge in [0.25, 0.3) is 0 Å². The summed E-state index contributed by atoms with van der Waals surface area (Å²) in [5.74, 6) is 0. The van der Waals surface area contributed by atoms with E-state index < -0.39 is 5.41 Å². The summed E-state index contributed by atoms with van der Waals surface area (Å²) < 4.78 is 0. The molecule has 0 unspecified atom stereocenters. The molecule has 0 N–H and O–H groups in total. The van der Waals surface area contributed by atoms with Gasteiger partial charge in [0.2, 0.25) is 0 Å². The molecular weight excluding hydrogens is 645 g/mol. The van der Waals surface area contributed by atoms with Crippen molar-refractivity contribution < 1.29 is 0 Å². The molecule has 2 aromatic heterocycles. The van der Waals surface area contributed by atoms with Crippen LogP contribution >= 0.6 is 0 Å². The van der Waals surface area contributed by atoms with Gasteiger partial charge in [-0.2, -0.15) is 10.5 Å². The van der Waals surface area contributed by atoms with Crippen LogP contribution in [-0.4, -0.2) is 9.97 Å². The van der Waals surface area contributed by atoms with Gasteiger partial charge in [-0.25, -0.2) is 9.97 Å². The Hall–Kier alpha value is -7.40. The molecule has 1 aliphatic carbocycles. The molecular formula is C49H30N4. The van der Waals surface area contributed by atoms with Gasteiger partial charge < -0.3 is 0 Å². The molecule has 0 saturated heterocycles. The molecule has 0 fully saturated rings. The number of hydrogen-bond acceptors (Lipinski definition) is 4. The lowest BCUT2D eigenvalue weighted by atomic mass is 9.67. The van der Waals surface area contributed by atoms with Crippen LogP contribution in [0, 0.1) is 22.7 Å². The Morgan fingerprint density at radius 3 is 1.06 bits per heavy atom. The zero-order valence-electron chi connectivity index (χ0n) is 28.6. The topological polar surface area (TPSA) is 73.4 Å². The molecule has 6 aromatic carbocycles. The molecule has 2 heterocycles. The van der Waals surface area contributed by atoms with E-state index in [2.05, 4.69) is 168 Å². The first-order valence-electron chi connectivity index (χ1n) is 17.5. The van der Waals surface area contributed by atoms with Crippen molar-refractivity contribution in [3.05, 3.63) is 216 Å². The summed E-state index contributed by atoms with van der Waals surface area (Å²) in [4.78, 5) is 8.27. The first-order chi connectivity index (χ1) is 26.1. The largest absolute Gasteiger partial charge is 0.246 e. The quantitative estimate of drug-likeness (QED) is 0.176. The lowest BCUT2D eigenvalue weighted by molar-refractivity contribution is 0.769. The predicted molar refractivity (Wildman–Crippen MR) is 211 cm³/mol. The Balaban J connectivity index is 1.19. The average Bonchev–Trinajstić information content (AvgIpc) is 3.54. The van der Waals surface area contributed by atoms with Gasteiger partial charge in [-0.1, -0.05) is 133 Å². The predicted octanol–water partition coefficient (Wildman–Crippen LogP) is 11.3. The summed E-state index contributed by atoms with van der Waals surface area (Å²) >= 11 is 0. The van der Waals surface area contributed by atoms with Crippen molar-refractivity contribution in [2.24, 2.45) is 0 Å². The second-order valence-electron chi connectivity index (χ2n) is 13.2. The van der Waals surface area contributed by atoms with Gasteiger partial charge in [0, 0.05) is 12.4 Å². The summed E-state index contributed by atoms with van der Waals surface area (Å²) in [5, 5.41) is 18.7. The molecule has 8 aromatic rings. The van der Waals surface area contributed by atoms with E-state index in [1.165, 1.54) is 33.4 Å². The highest BCUT2D eigenvalue weighted by molar-refractivity contribution is 5.90. The fraction of sp³-hybridized carbons (Fsp3) is 0.0204. The summed E-state index contributed by atoms with van der Waals surface area (Å²) in [6.45, 7) is 0. The van der Waals surface area contributed by atoms with Crippen LogP contribution < -0.4 is 0 Å². The summed E-state index contributed by atoms with van der Waals surface area (Å²) in [5.41, 5.74) is 16.1. The maximum atomic E-state index is 9.37. The number of pyridine rings is 2. The van der Waals surface area contributed by atoms with Crippen molar-refractivity contribution in [3.8, 4) is 67.8 Å². The van der Waals surface area contributed by atoms with Gasteiger partial charge >= 0.3 is 0 Å². The maximum Gasteiger partial charge on any atom is 0.141 e. The lowest BCUT2D eigenvalue weighted by Crippen LogP contribution is -2.28. The number of rotatable bonds is 6. The van der Waals surface area contributed by atoms with Crippen molar-refractivity contribution in [3.63, 3.8) is 0 Å². The average molecular weight is 675 g/mol. The molecule has 0 spiro atoms. The number of fused-ring (bicyclic) bond motifs is 3. The Morgan fingerprint density at radius 2 is 0.698 bits per heavy atom. The minimum Gasteiger partial charge on any atom is -0.246 e. The fourth-order valence-electron chi connectivity index (χ4n) is 7.90. The van der Waals surface area contributed by atoms with Crippen LogP contribution in [-0.2, 0) is 5.41 Å². The second kappa shape index (κ2) is 13.1. The van der Waals surface area contributed by atoms with Crippen LogP contribution in [0.15, 0.2) is 182 Å². The van der Waals surface area contributed by atoms with Crippen molar-refractivity contribution in [1.29, 1.82) is 10.5 Å². The van der Waals surface area contributed by atoms with Crippen LogP contribution in [0.4, 0.5) is 0 Å². The number of aromatic nitrogens is 2. The van der Waals surface area contributed by atoms with Gasteiger partial charge in [0.05, 0.1) is 5.41 Å². The molecule has 246 valence electrons. The molecule has 0 saturated carbocycles. The Kier molecular flexibility index (Phi) is 7.77. The van der Waals surface area contributed by atoms with Gasteiger partial charge in [0.1, 0.15) is 23.5 Å². The number of hydrogen-bond donors (Lipinski definition) is 0.